The normalized spacial score (nSPS) is 11.6. The first-order valence-electron chi connectivity index (χ1n) is 4.85. The van der Waals surface area contributed by atoms with E-state index in [0.29, 0.717) is 11.4 Å². The van der Waals surface area contributed by atoms with Gasteiger partial charge in [0.05, 0.1) is 4.90 Å². The minimum Gasteiger partial charge on any atom is -0.207 e. The van der Waals surface area contributed by atoms with E-state index in [1.54, 1.807) is 24.3 Å². The molecule has 0 aliphatic heterocycles. The quantitative estimate of drug-likeness (QED) is 0.831. The number of hydrogen-bond donors (Lipinski definition) is 1. The molecule has 0 aliphatic carbocycles. The number of halogens is 1. The van der Waals surface area contributed by atoms with Gasteiger partial charge < -0.3 is 0 Å². The van der Waals surface area contributed by atoms with Crippen LogP contribution in [-0.2, 0) is 16.6 Å². The summed E-state index contributed by atoms with van der Waals surface area (Å²) in [6.07, 6.45) is 0. The number of hydrogen-bond acceptors (Lipinski definition) is 3. The zero-order chi connectivity index (χ0) is 12.3. The Morgan fingerprint density at radius 1 is 1.18 bits per heavy atom. The van der Waals surface area contributed by atoms with Gasteiger partial charge in [0, 0.05) is 15.0 Å². The van der Waals surface area contributed by atoms with Crippen LogP contribution >= 0.6 is 33.9 Å². The van der Waals surface area contributed by atoms with E-state index >= 15 is 0 Å². The molecule has 0 spiro atoms. The molecule has 0 saturated carbocycles. The van der Waals surface area contributed by atoms with E-state index in [2.05, 4.69) is 27.3 Å². The zero-order valence-corrected chi connectivity index (χ0v) is 12.6. The van der Waals surface area contributed by atoms with Crippen LogP contribution < -0.4 is 4.72 Å². The minimum atomic E-state index is -3.40. The lowest BCUT2D eigenvalue weighted by atomic mass is 10.4. The molecule has 1 aromatic heterocycles. The Kier molecular flexibility index (Phi) is 4.18. The molecule has 1 aromatic carbocycles. The summed E-state index contributed by atoms with van der Waals surface area (Å²) >= 11 is 3.67. The second-order valence-corrected chi connectivity index (χ2v) is 7.40. The van der Waals surface area contributed by atoms with Crippen LogP contribution in [0.2, 0.25) is 0 Å². The summed E-state index contributed by atoms with van der Waals surface area (Å²) in [4.78, 5) is 1.30. The summed E-state index contributed by atoms with van der Waals surface area (Å²) in [6, 6.07) is 10.6. The molecule has 0 bridgehead atoms. The molecule has 0 saturated heterocycles. The van der Waals surface area contributed by atoms with Crippen molar-refractivity contribution in [2.45, 2.75) is 11.4 Å². The van der Waals surface area contributed by atoms with Crippen LogP contribution in [0, 0.1) is 3.57 Å². The van der Waals surface area contributed by atoms with E-state index in [1.165, 1.54) is 11.3 Å². The number of rotatable bonds is 4. The molecule has 2 rings (SSSR count). The molecular weight excluding hydrogens is 369 g/mol. The Balaban J connectivity index is 2.11. The smallest absolute Gasteiger partial charge is 0.207 e. The fourth-order valence-corrected chi connectivity index (χ4v) is 3.38. The van der Waals surface area contributed by atoms with E-state index in [4.69, 9.17) is 0 Å². The second-order valence-electron chi connectivity index (χ2n) is 3.36. The van der Waals surface area contributed by atoms with Crippen LogP contribution in [0.25, 0.3) is 0 Å². The Morgan fingerprint density at radius 2 is 1.88 bits per heavy atom. The summed E-state index contributed by atoms with van der Waals surface area (Å²) in [5.41, 5.74) is 0. The maximum Gasteiger partial charge on any atom is 0.240 e. The molecule has 0 atom stereocenters. The molecule has 90 valence electrons. The first kappa shape index (κ1) is 13.0. The fraction of sp³-hybridized carbons (Fsp3) is 0.0909. The lowest BCUT2D eigenvalue weighted by Gasteiger charge is -2.05. The van der Waals surface area contributed by atoms with Crippen molar-refractivity contribution in [2.75, 3.05) is 0 Å². The van der Waals surface area contributed by atoms with Crippen LogP contribution in [0.4, 0.5) is 0 Å². The third-order valence-corrected chi connectivity index (χ3v) is 5.15. The maximum absolute atomic E-state index is 11.9. The van der Waals surface area contributed by atoms with Gasteiger partial charge in [0.15, 0.2) is 0 Å². The number of benzene rings is 1. The largest absolute Gasteiger partial charge is 0.240 e. The molecule has 2 aromatic rings. The molecule has 3 nitrogen and oxygen atoms in total. The molecule has 1 heterocycles. The molecule has 0 unspecified atom stereocenters. The highest BCUT2D eigenvalue weighted by Gasteiger charge is 2.13. The van der Waals surface area contributed by atoms with Gasteiger partial charge in [-0.3, -0.25) is 0 Å². The lowest BCUT2D eigenvalue weighted by Crippen LogP contribution is -2.22. The third-order valence-electron chi connectivity index (χ3n) is 2.14. The Labute approximate surface area is 118 Å². The van der Waals surface area contributed by atoms with Crippen LogP contribution in [-0.4, -0.2) is 8.42 Å². The van der Waals surface area contributed by atoms with Gasteiger partial charge in [-0.1, -0.05) is 6.07 Å². The standard InChI is InChI=1S/C11H10INO2S2/c12-9-3-5-11(6-4-9)17(14,15)13-8-10-2-1-7-16-10/h1-7,13H,8H2. The second kappa shape index (κ2) is 5.47. The van der Waals surface area contributed by atoms with Crippen LogP contribution in [0.1, 0.15) is 4.88 Å². The van der Waals surface area contributed by atoms with Crippen molar-refractivity contribution in [1.29, 1.82) is 0 Å². The molecular formula is C11H10INO2S2. The Morgan fingerprint density at radius 3 is 2.47 bits per heavy atom. The van der Waals surface area contributed by atoms with E-state index in [9.17, 15) is 8.42 Å². The van der Waals surface area contributed by atoms with E-state index in [0.717, 1.165) is 8.45 Å². The molecule has 17 heavy (non-hydrogen) atoms. The third kappa shape index (κ3) is 3.51. The van der Waals surface area contributed by atoms with Crippen LogP contribution in [0.5, 0.6) is 0 Å². The van der Waals surface area contributed by atoms with E-state index in [-0.39, 0.29) is 0 Å². The van der Waals surface area contributed by atoms with Gasteiger partial charge >= 0.3 is 0 Å². The Hall–Kier alpha value is -0.440. The van der Waals surface area contributed by atoms with Gasteiger partial charge in [0.2, 0.25) is 10.0 Å². The molecule has 0 amide bonds. The molecule has 1 N–H and O–H groups in total. The molecule has 0 fully saturated rings. The lowest BCUT2D eigenvalue weighted by molar-refractivity contribution is 0.582. The van der Waals surface area contributed by atoms with Crippen molar-refractivity contribution >= 4 is 44.0 Å². The number of thiophene rings is 1. The van der Waals surface area contributed by atoms with Crippen molar-refractivity contribution < 1.29 is 8.42 Å². The van der Waals surface area contributed by atoms with E-state index < -0.39 is 10.0 Å². The maximum atomic E-state index is 11.9. The fourth-order valence-electron chi connectivity index (χ4n) is 1.28. The predicted octanol–water partition coefficient (Wildman–Crippen LogP) is 2.83. The number of sulfonamides is 1. The van der Waals surface area contributed by atoms with Crippen molar-refractivity contribution in [3.8, 4) is 0 Å². The average Bonchev–Trinajstić information content (AvgIpc) is 2.80. The highest BCUT2D eigenvalue weighted by atomic mass is 127. The minimum absolute atomic E-state index is 0.300. The molecule has 0 aliphatic rings. The average molecular weight is 379 g/mol. The summed E-state index contributed by atoms with van der Waals surface area (Å²) < 4.78 is 27.5. The van der Waals surface area contributed by atoms with Gasteiger partial charge in [-0.25, -0.2) is 13.1 Å². The van der Waals surface area contributed by atoms with Crippen molar-refractivity contribution in [2.24, 2.45) is 0 Å². The van der Waals surface area contributed by atoms with Crippen LogP contribution in [0.15, 0.2) is 46.7 Å². The monoisotopic (exact) mass is 379 g/mol. The topological polar surface area (TPSA) is 46.2 Å². The highest BCUT2D eigenvalue weighted by Crippen LogP contribution is 2.13. The summed E-state index contributed by atoms with van der Waals surface area (Å²) in [7, 11) is -3.40. The van der Waals surface area contributed by atoms with Gasteiger partial charge in [0.25, 0.3) is 0 Å². The van der Waals surface area contributed by atoms with Gasteiger partial charge in [-0.05, 0) is 58.3 Å². The highest BCUT2D eigenvalue weighted by molar-refractivity contribution is 14.1. The van der Waals surface area contributed by atoms with Gasteiger partial charge in [-0.2, -0.15) is 0 Å². The summed E-state index contributed by atoms with van der Waals surface area (Å²) in [5.74, 6) is 0. The number of nitrogens with one attached hydrogen (secondary N) is 1. The van der Waals surface area contributed by atoms with Crippen LogP contribution in [0.3, 0.4) is 0 Å². The first-order valence-corrected chi connectivity index (χ1v) is 8.30. The Bertz CT molecular complexity index is 576. The van der Waals surface area contributed by atoms with Gasteiger partial charge in [0.1, 0.15) is 0 Å². The first-order chi connectivity index (χ1) is 8.08. The van der Waals surface area contributed by atoms with Crippen molar-refractivity contribution in [3.05, 3.63) is 50.2 Å². The molecule has 6 heteroatoms. The molecule has 0 radical (unpaired) electrons. The van der Waals surface area contributed by atoms with Gasteiger partial charge in [-0.15, -0.1) is 11.3 Å². The van der Waals surface area contributed by atoms with E-state index in [1.807, 2.05) is 17.5 Å². The summed E-state index contributed by atoms with van der Waals surface area (Å²) in [6.45, 7) is 0.339. The summed E-state index contributed by atoms with van der Waals surface area (Å²) in [5, 5.41) is 1.93. The van der Waals surface area contributed by atoms with Crippen molar-refractivity contribution in [1.82, 2.24) is 4.72 Å². The predicted molar refractivity (Wildman–Crippen MR) is 77.5 cm³/mol. The van der Waals surface area contributed by atoms with Crippen molar-refractivity contribution in [3.63, 3.8) is 0 Å². The zero-order valence-electron chi connectivity index (χ0n) is 8.76. The SMILES string of the molecule is O=S(=O)(NCc1cccs1)c1ccc(I)cc1.